The fourth-order valence-corrected chi connectivity index (χ4v) is 4.22. The third kappa shape index (κ3) is 5.74. The molecule has 0 bridgehead atoms. The number of para-hydroxylation sites is 1. The minimum Gasteiger partial charge on any atom is -0.494 e. The van der Waals surface area contributed by atoms with E-state index in [1.807, 2.05) is 31.2 Å². The van der Waals surface area contributed by atoms with Crippen LogP contribution in [-0.2, 0) is 11.3 Å². The van der Waals surface area contributed by atoms with Crippen LogP contribution in [0.25, 0.3) is 10.9 Å². The van der Waals surface area contributed by atoms with Gasteiger partial charge in [-0.1, -0.05) is 47.6 Å². The van der Waals surface area contributed by atoms with Gasteiger partial charge in [0, 0.05) is 10.7 Å². The van der Waals surface area contributed by atoms with E-state index in [4.69, 9.17) is 16.3 Å². The number of hydrogen-bond donors (Lipinski definition) is 1. The molecule has 1 N–H and O–H groups in total. The standard InChI is InChI=1S/C25H22ClN3O3S/c1-2-32-20-13-11-19(12-14-20)27-23(30)16-33-25-28-22-6-4-3-5-21(22)24(31)29(25)15-17-7-9-18(26)10-8-17/h3-14H,2,15-16H2,1H3,(H,27,30). The Morgan fingerprint density at radius 3 is 2.52 bits per heavy atom. The molecule has 0 unspecified atom stereocenters. The van der Waals surface area contributed by atoms with Gasteiger partial charge in [0.1, 0.15) is 5.75 Å². The highest BCUT2D eigenvalue weighted by atomic mass is 35.5. The smallest absolute Gasteiger partial charge is 0.262 e. The van der Waals surface area contributed by atoms with Crippen molar-refractivity contribution in [1.82, 2.24) is 9.55 Å². The number of amides is 1. The molecule has 0 aliphatic carbocycles. The number of nitrogens with one attached hydrogen (secondary N) is 1. The van der Waals surface area contributed by atoms with E-state index in [0.717, 1.165) is 11.3 Å². The monoisotopic (exact) mass is 479 g/mol. The first-order valence-corrected chi connectivity index (χ1v) is 11.8. The number of rotatable bonds is 8. The predicted molar refractivity (Wildman–Crippen MR) is 134 cm³/mol. The number of benzene rings is 3. The van der Waals surface area contributed by atoms with Gasteiger partial charge >= 0.3 is 0 Å². The molecule has 0 fully saturated rings. The number of hydrogen-bond acceptors (Lipinski definition) is 5. The average Bonchev–Trinajstić information content (AvgIpc) is 2.82. The van der Waals surface area contributed by atoms with Crippen molar-refractivity contribution in [1.29, 1.82) is 0 Å². The lowest BCUT2D eigenvalue weighted by Gasteiger charge is -2.13. The molecule has 0 saturated heterocycles. The molecule has 0 aliphatic heterocycles. The number of carbonyl (C=O) groups is 1. The van der Waals surface area contributed by atoms with E-state index in [9.17, 15) is 9.59 Å². The minimum atomic E-state index is -0.190. The van der Waals surface area contributed by atoms with Gasteiger partial charge in [-0.3, -0.25) is 14.2 Å². The molecule has 0 aliphatic rings. The third-order valence-corrected chi connectivity index (χ3v) is 6.09. The SMILES string of the molecule is CCOc1ccc(NC(=O)CSc2nc3ccccc3c(=O)n2Cc2ccc(Cl)cc2)cc1. The zero-order valence-electron chi connectivity index (χ0n) is 18.0. The first-order valence-electron chi connectivity index (χ1n) is 10.4. The number of aromatic nitrogens is 2. The second kappa shape index (κ2) is 10.6. The highest BCUT2D eigenvalue weighted by molar-refractivity contribution is 7.99. The third-order valence-electron chi connectivity index (χ3n) is 4.86. The summed E-state index contributed by atoms with van der Waals surface area (Å²) in [6, 6.07) is 21.7. The molecule has 1 amide bonds. The van der Waals surface area contributed by atoms with E-state index in [2.05, 4.69) is 10.3 Å². The fraction of sp³-hybridized carbons (Fsp3) is 0.160. The molecule has 0 atom stereocenters. The van der Waals surface area contributed by atoms with Crippen molar-refractivity contribution in [2.24, 2.45) is 0 Å². The molecule has 1 aromatic heterocycles. The second-order valence-corrected chi connectivity index (χ2v) is 8.60. The lowest BCUT2D eigenvalue weighted by Crippen LogP contribution is -2.24. The van der Waals surface area contributed by atoms with E-state index < -0.39 is 0 Å². The number of halogens is 1. The summed E-state index contributed by atoms with van der Waals surface area (Å²) in [7, 11) is 0. The average molecular weight is 480 g/mol. The Morgan fingerprint density at radius 2 is 1.79 bits per heavy atom. The number of nitrogens with zero attached hydrogens (tertiary/aromatic N) is 2. The van der Waals surface area contributed by atoms with Gasteiger partial charge in [0.15, 0.2) is 5.16 Å². The van der Waals surface area contributed by atoms with Gasteiger partial charge < -0.3 is 10.1 Å². The lowest BCUT2D eigenvalue weighted by atomic mass is 10.2. The van der Waals surface area contributed by atoms with Crippen LogP contribution in [0.5, 0.6) is 5.75 Å². The largest absolute Gasteiger partial charge is 0.494 e. The number of carbonyl (C=O) groups excluding carboxylic acids is 1. The number of ether oxygens (including phenoxy) is 1. The summed E-state index contributed by atoms with van der Waals surface area (Å²) in [5.74, 6) is 0.666. The zero-order valence-corrected chi connectivity index (χ0v) is 19.5. The van der Waals surface area contributed by atoms with Gasteiger partial charge in [-0.15, -0.1) is 0 Å². The Labute approximate surface area is 200 Å². The molecular formula is C25H22ClN3O3S. The van der Waals surface area contributed by atoms with Crippen molar-refractivity contribution < 1.29 is 9.53 Å². The second-order valence-electron chi connectivity index (χ2n) is 7.22. The van der Waals surface area contributed by atoms with Gasteiger partial charge in [-0.25, -0.2) is 4.98 Å². The van der Waals surface area contributed by atoms with Gasteiger partial charge in [0.25, 0.3) is 5.56 Å². The Kier molecular flexibility index (Phi) is 7.32. The van der Waals surface area contributed by atoms with Crippen LogP contribution in [0, 0.1) is 0 Å². The van der Waals surface area contributed by atoms with Gasteiger partial charge in [-0.2, -0.15) is 0 Å². The van der Waals surface area contributed by atoms with E-state index in [0.29, 0.717) is 39.9 Å². The normalized spacial score (nSPS) is 10.8. The van der Waals surface area contributed by atoms with E-state index in [-0.39, 0.29) is 17.2 Å². The summed E-state index contributed by atoms with van der Waals surface area (Å²) >= 11 is 7.22. The topological polar surface area (TPSA) is 73.2 Å². The van der Waals surface area contributed by atoms with E-state index in [1.54, 1.807) is 53.1 Å². The van der Waals surface area contributed by atoms with E-state index >= 15 is 0 Å². The van der Waals surface area contributed by atoms with Crippen LogP contribution < -0.4 is 15.6 Å². The molecule has 4 rings (SSSR count). The molecule has 3 aromatic carbocycles. The van der Waals surface area contributed by atoms with Crippen molar-refractivity contribution in [3.05, 3.63) is 93.7 Å². The quantitative estimate of drug-likeness (QED) is 0.277. The molecular weight excluding hydrogens is 458 g/mol. The Hall–Kier alpha value is -3.29. The number of thioether (sulfide) groups is 1. The highest BCUT2D eigenvalue weighted by Gasteiger charge is 2.14. The molecule has 8 heteroatoms. The summed E-state index contributed by atoms with van der Waals surface area (Å²) in [6.45, 7) is 2.83. The van der Waals surface area contributed by atoms with Gasteiger partial charge in [0.2, 0.25) is 5.91 Å². The summed E-state index contributed by atoms with van der Waals surface area (Å²) in [4.78, 5) is 30.4. The first-order chi connectivity index (χ1) is 16.0. The van der Waals surface area contributed by atoms with Gasteiger partial charge in [-0.05, 0) is 61.0 Å². The maximum Gasteiger partial charge on any atom is 0.262 e. The van der Waals surface area contributed by atoms with Crippen molar-refractivity contribution in [2.45, 2.75) is 18.6 Å². The Bertz CT molecular complexity index is 1320. The number of anilines is 1. The molecule has 168 valence electrons. The zero-order chi connectivity index (χ0) is 23.2. The van der Waals surface area contributed by atoms with Crippen molar-refractivity contribution >= 4 is 45.9 Å². The maximum absolute atomic E-state index is 13.2. The minimum absolute atomic E-state index is 0.110. The summed E-state index contributed by atoms with van der Waals surface area (Å²) in [5, 5.41) is 4.51. The van der Waals surface area contributed by atoms with Crippen LogP contribution in [0.4, 0.5) is 5.69 Å². The summed E-state index contributed by atoms with van der Waals surface area (Å²) in [6.07, 6.45) is 0. The summed E-state index contributed by atoms with van der Waals surface area (Å²) in [5.41, 5.74) is 2.04. The number of fused-ring (bicyclic) bond motifs is 1. The molecule has 4 aromatic rings. The molecule has 0 radical (unpaired) electrons. The van der Waals surface area contributed by atoms with Crippen molar-refractivity contribution in [2.75, 3.05) is 17.7 Å². The van der Waals surface area contributed by atoms with Gasteiger partial charge in [0.05, 0.1) is 29.8 Å². The molecule has 33 heavy (non-hydrogen) atoms. The van der Waals surface area contributed by atoms with Crippen molar-refractivity contribution in [3.8, 4) is 5.75 Å². The van der Waals surface area contributed by atoms with Crippen LogP contribution >= 0.6 is 23.4 Å². The fourth-order valence-electron chi connectivity index (χ4n) is 3.30. The van der Waals surface area contributed by atoms with Crippen LogP contribution in [0.2, 0.25) is 5.02 Å². The predicted octanol–water partition coefficient (Wildman–Crippen LogP) is 5.23. The molecule has 0 spiro atoms. The summed E-state index contributed by atoms with van der Waals surface area (Å²) < 4.78 is 7.02. The van der Waals surface area contributed by atoms with Crippen LogP contribution in [0.3, 0.4) is 0 Å². The van der Waals surface area contributed by atoms with E-state index in [1.165, 1.54) is 11.8 Å². The highest BCUT2D eigenvalue weighted by Crippen LogP contribution is 2.21. The van der Waals surface area contributed by atoms with Crippen LogP contribution in [0.15, 0.2) is 82.7 Å². The first kappa shape index (κ1) is 22.9. The maximum atomic E-state index is 13.2. The van der Waals surface area contributed by atoms with Crippen molar-refractivity contribution in [3.63, 3.8) is 0 Å². The molecule has 0 saturated carbocycles. The van der Waals surface area contributed by atoms with Crippen LogP contribution in [-0.4, -0.2) is 27.8 Å². The Morgan fingerprint density at radius 1 is 1.06 bits per heavy atom. The molecule has 6 nitrogen and oxygen atoms in total. The molecule has 1 heterocycles. The lowest BCUT2D eigenvalue weighted by molar-refractivity contribution is -0.113. The van der Waals surface area contributed by atoms with Crippen LogP contribution in [0.1, 0.15) is 12.5 Å². The Balaban J connectivity index is 1.54.